The number of rotatable bonds is 5. The quantitative estimate of drug-likeness (QED) is 0.458. The molecule has 0 fully saturated rings. The van der Waals surface area contributed by atoms with Crippen LogP contribution in [0.3, 0.4) is 0 Å². The zero-order chi connectivity index (χ0) is 11.3. The lowest BCUT2D eigenvalue weighted by Crippen LogP contribution is -2.27. The van der Waals surface area contributed by atoms with E-state index < -0.39 is 0 Å². The van der Waals surface area contributed by atoms with Gasteiger partial charge in [0.05, 0.1) is 0 Å². The molecule has 3 N–H and O–H groups in total. The molecule has 1 aromatic carbocycles. The molecule has 0 radical (unpaired) electrons. The number of hydrazine groups is 1. The summed E-state index contributed by atoms with van der Waals surface area (Å²) in [5.74, 6) is 5.51. The van der Waals surface area contributed by atoms with Gasteiger partial charge in [0, 0.05) is 11.1 Å². The normalized spacial score (nSPS) is 12.5. The van der Waals surface area contributed by atoms with Crippen LogP contribution in [0.2, 0.25) is 5.02 Å². The first-order valence-electron chi connectivity index (χ1n) is 5.02. The van der Waals surface area contributed by atoms with E-state index in [9.17, 15) is 0 Å². The molecule has 0 aliphatic carbocycles. The minimum Gasteiger partial charge on any atom is -0.271 e. The van der Waals surface area contributed by atoms with Crippen LogP contribution in [0.5, 0.6) is 0 Å². The predicted octanol–water partition coefficient (Wildman–Crippen LogP) is 3.12. The van der Waals surface area contributed by atoms with Crippen LogP contribution >= 0.6 is 11.6 Å². The number of allylic oxidation sites excluding steroid dienone is 1. The monoisotopic (exact) mass is 224 g/mol. The summed E-state index contributed by atoms with van der Waals surface area (Å²) < 4.78 is 0. The van der Waals surface area contributed by atoms with E-state index in [4.69, 9.17) is 17.4 Å². The number of halogens is 1. The summed E-state index contributed by atoms with van der Waals surface area (Å²) in [5.41, 5.74) is 5.00. The topological polar surface area (TPSA) is 38.0 Å². The van der Waals surface area contributed by atoms with Gasteiger partial charge >= 0.3 is 0 Å². The van der Waals surface area contributed by atoms with E-state index in [2.05, 4.69) is 18.1 Å². The Morgan fingerprint density at radius 1 is 1.60 bits per heavy atom. The molecule has 2 nitrogen and oxygen atoms in total. The van der Waals surface area contributed by atoms with Crippen molar-refractivity contribution in [1.29, 1.82) is 0 Å². The first kappa shape index (κ1) is 12.2. The molecule has 0 saturated carbocycles. The van der Waals surface area contributed by atoms with Crippen molar-refractivity contribution < 1.29 is 0 Å². The maximum absolute atomic E-state index is 6.06. The fraction of sp³-hybridized carbons (Fsp3) is 0.333. The maximum atomic E-state index is 6.06. The Morgan fingerprint density at radius 3 is 2.87 bits per heavy atom. The molecule has 1 aromatic rings. The van der Waals surface area contributed by atoms with Crippen LogP contribution in [0.15, 0.2) is 30.9 Å². The van der Waals surface area contributed by atoms with E-state index in [1.807, 2.05) is 25.1 Å². The highest BCUT2D eigenvalue weighted by atomic mass is 35.5. The van der Waals surface area contributed by atoms with Crippen molar-refractivity contribution in [1.82, 2.24) is 5.43 Å². The average Bonchev–Trinajstić information content (AvgIpc) is 2.24. The summed E-state index contributed by atoms with van der Waals surface area (Å²) in [6.07, 6.45) is 3.75. The van der Waals surface area contributed by atoms with E-state index in [-0.39, 0.29) is 6.04 Å². The summed E-state index contributed by atoms with van der Waals surface area (Å²) in [4.78, 5) is 0. The number of benzene rings is 1. The summed E-state index contributed by atoms with van der Waals surface area (Å²) >= 11 is 6.06. The van der Waals surface area contributed by atoms with Gasteiger partial charge in [-0.25, -0.2) is 0 Å². The summed E-state index contributed by atoms with van der Waals surface area (Å²) in [5, 5.41) is 0.784. The summed E-state index contributed by atoms with van der Waals surface area (Å²) in [6, 6.07) is 6.16. The predicted molar refractivity (Wildman–Crippen MR) is 65.7 cm³/mol. The van der Waals surface area contributed by atoms with E-state index in [1.165, 1.54) is 0 Å². The van der Waals surface area contributed by atoms with Gasteiger partial charge in [-0.3, -0.25) is 11.3 Å². The highest BCUT2D eigenvalue weighted by molar-refractivity contribution is 6.31. The van der Waals surface area contributed by atoms with Gasteiger partial charge in [-0.05, 0) is 37.0 Å². The van der Waals surface area contributed by atoms with Crippen LogP contribution < -0.4 is 11.3 Å². The number of nitrogens with two attached hydrogens (primary N) is 1. The Labute approximate surface area is 96.1 Å². The van der Waals surface area contributed by atoms with E-state index in [0.29, 0.717) is 0 Å². The molecule has 1 atom stereocenters. The Balaban J connectivity index is 2.82. The lowest BCUT2D eigenvalue weighted by Gasteiger charge is -2.16. The van der Waals surface area contributed by atoms with Crippen molar-refractivity contribution in [2.24, 2.45) is 5.84 Å². The highest BCUT2D eigenvalue weighted by Gasteiger charge is 2.09. The summed E-state index contributed by atoms with van der Waals surface area (Å²) in [6.45, 7) is 5.68. The molecule has 3 heteroatoms. The highest BCUT2D eigenvalue weighted by Crippen LogP contribution is 2.23. The van der Waals surface area contributed by atoms with E-state index in [1.54, 1.807) is 0 Å². The van der Waals surface area contributed by atoms with Crippen LogP contribution in [-0.4, -0.2) is 0 Å². The number of aryl methyl sites for hydroxylation is 1. The summed E-state index contributed by atoms with van der Waals surface area (Å²) in [7, 11) is 0. The lowest BCUT2D eigenvalue weighted by atomic mass is 10.0. The Hall–Kier alpha value is -0.830. The molecule has 0 aliphatic rings. The van der Waals surface area contributed by atoms with E-state index >= 15 is 0 Å². The van der Waals surface area contributed by atoms with Gasteiger partial charge in [-0.15, -0.1) is 6.58 Å². The van der Waals surface area contributed by atoms with Gasteiger partial charge in [0.15, 0.2) is 0 Å². The fourth-order valence-electron chi connectivity index (χ4n) is 1.46. The first-order valence-corrected chi connectivity index (χ1v) is 5.40. The van der Waals surface area contributed by atoms with Gasteiger partial charge in [-0.1, -0.05) is 29.8 Å². The third-order valence-electron chi connectivity index (χ3n) is 2.46. The largest absolute Gasteiger partial charge is 0.271 e. The maximum Gasteiger partial charge on any atom is 0.0463 e. The number of nitrogens with one attached hydrogen (secondary N) is 1. The molecule has 0 heterocycles. The zero-order valence-corrected chi connectivity index (χ0v) is 9.72. The molecule has 15 heavy (non-hydrogen) atoms. The van der Waals surface area contributed by atoms with Crippen molar-refractivity contribution in [3.8, 4) is 0 Å². The first-order chi connectivity index (χ1) is 7.19. The third-order valence-corrected chi connectivity index (χ3v) is 2.87. The van der Waals surface area contributed by atoms with Crippen molar-refractivity contribution >= 4 is 11.6 Å². The molecule has 0 aliphatic heterocycles. The van der Waals surface area contributed by atoms with Crippen LogP contribution in [0.1, 0.15) is 30.0 Å². The Morgan fingerprint density at radius 2 is 2.33 bits per heavy atom. The molecule has 82 valence electrons. The van der Waals surface area contributed by atoms with E-state index in [0.717, 1.165) is 29.0 Å². The second-order valence-corrected chi connectivity index (χ2v) is 4.00. The second-order valence-electron chi connectivity index (χ2n) is 3.59. The Kier molecular flexibility index (Phi) is 4.82. The van der Waals surface area contributed by atoms with Crippen molar-refractivity contribution in [2.45, 2.75) is 25.8 Å². The van der Waals surface area contributed by atoms with Crippen molar-refractivity contribution in [3.05, 3.63) is 47.0 Å². The third kappa shape index (κ3) is 3.34. The smallest absolute Gasteiger partial charge is 0.0463 e. The van der Waals surface area contributed by atoms with Crippen molar-refractivity contribution in [3.63, 3.8) is 0 Å². The second kappa shape index (κ2) is 5.91. The van der Waals surface area contributed by atoms with Gasteiger partial charge in [0.25, 0.3) is 0 Å². The number of hydrogen-bond acceptors (Lipinski definition) is 2. The van der Waals surface area contributed by atoms with Crippen LogP contribution in [0.25, 0.3) is 0 Å². The molecular formula is C12H17ClN2. The molecule has 0 bridgehead atoms. The van der Waals surface area contributed by atoms with Gasteiger partial charge in [0.2, 0.25) is 0 Å². The van der Waals surface area contributed by atoms with Crippen LogP contribution in [0.4, 0.5) is 0 Å². The van der Waals surface area contributed by atoms with Crippen molar-refractivity contribution in [2.75, 3.05) is 0 Å². The fourth-order valence-corrected chi connectivity index (χ4v) is 1.65. The minimum atomic E-state index is 0.140. The molecule has 0 spiro atoms. The SMILES string of the molecule is C=CCCC(NN)c1ccc(C)c(Cl)c1. The zero-order valence-electron chi connectivity index (χ0n) is 8.96. The molecule has 0 aromatic heterocycles. The molecule has 1 unspecified atom stereocenters. The van der Waals surface area contributed by atoms with Gasteiger partial charge in [0.1, 0.15) is 0 Å². The molecular weight excluding hydrogens is 208 g/mol. The number of hydrogen-bond donors (Lipinski definition) is 2. The average molecular weight is 225 g/mol. The molecule has 0 saturated heterocycles. The molecule has 0 amide bonds. The minimum absolute atomic E-state index is 0.140. The standard InChI is InChI=1S/C12H17ClN2/c1-3-4-5-12(15-14)10-7-6-9(2)11(13)8-10/h3,6-8,12,15H,1,4-5,14H2,2H3. The van der Waals surface area contributed by atoms with Gasteiger partial charge in [-0.2, -0.15) is 0 Å². The Bertz CT molecular complexity index is 336. The lowest BCUT2D eigenvalue weighted by molar-refractivity contribution is 0.521. The van der Waals surface area contributed by atoms with Crippen LogP contribution in [0, 0.1) is 6.92 Å². The van der Waals surface area contributed by atoms with Crippen LogP contribution in [-0.2, 0) is 0 Å². The van der Waals surface area contributed by atoms with Gasteiger partial charge < -0.3 is 0 Å². The molecule has 1 rings (SSSR count).